The van der Waals surface area contributed by atoms with E-state index in [4.69, 9.17) is 0 Å². The summed E-state index contributed by atoms with van der Waals surface area (Å²) < 4.78 is 44.0. The van der Waals surface area contributed by atoms with Crippen molar-refractivity contribution < 1.29 is 12.8 Å². The summed E-state index contributed by atoms with van der Waals surface area (Å²) in [6.45, 7) is 2.39. The first-order chi connectivity index (χ1) is 17.7. The number of hydrogen-bond donors (Lipinski definition) is 3. The van der Waals surface area contributed by atoms with Gasteiger partial charge in [0.1, 0.15) is 5.67 Å². The Balaban J connectivity index is 1.34. The highest BCUT2D eigenvalue weighted by Gasteiger charge is 2.33. The maximum absolute atomic E-state index is 14.3. The molecule has 6 rings (SSSR count). The molecule has 1 atom stereocenters. The number of pyridine rings is 1. The van der Waals surface area contributed by atoms with Crippen LogP contribution in [0.4, 0.5) is 10.1 Å². The van der Waals surface area contributed by atoms with Gasteiger partial charge in [0, 0.05) is 41.2 Å². The minimum Gasteiger partial charge on any atom is -0.379 e. The summed E-state index contributed by atoms with van der Waals surface area (Å²) in [7, 11) is -3.99. The molecule has 0 saturated heterocycles. The van der Waals surface area contributed by atoms with Gasteiger partial charge in [-0.2, -0.15) is 0 Å². The van der Waals surface area contributed by atoms with Crippen molar-refractivity contribution in [2.24, 2.45) is 0 Å². The van der Waals surface area contributed by atoms with Crippen LogP contribution in [0.15, 0.2) is 35.6 Å². The highest BCUT2D eigenvalue weighted by atomic mass is 32.2. The monoisotopic (exact) mass is 523 g/mol. The van der Waals surface area contributed by atoms with E-state index in [2.05, 4.69) is 45.6 Å². The number of aromatic amines is 1. The van der Waals surface area contributed by atoms with Gasteiger partial charge in [0.05, 0.1) is 23.0 Å². The van der Waals surface area contributed by atoms with Crippen LogP contribution in [0.25, 0.3) is 22.4 Å². The van der Waals surface area contributed by atoms with Crippen molar-refractivity contribution in [2.75, 3.05) is 11.9 Å². The van der Waals surface area contributed by atoms with Crippen LogP contribution in [0, 0.1) is 0 Å². The minimum atomic E-state index is -3.99. The van der Waals surface area contributed by atoms with Crippen molar-refractivity contribution in [1.82, 2.24) is 40.3 Å². The summed E-state index contributed by atoms with van der Waals surface area (Å²) in [5, 5.41) is 18.3. The van der Waals surface area contributed by atoms with E-state index in [0.717, 1.165) is 35.0 Å². The number of fused-ring (bicyclic) bond motifs is 2. The summed E-state index contributed by atoms with van der Waals surface area (Å²) in [4.78, 5) is 13.4. The van der Waals surface area contributed by atoms with Gasteiger partial charge in [-0.3, -0.25) is 4.98 Å². The van der Waals surface area contributed by atoms with Gasteiger partial charge in [0.15, 0.2) is 5.82 Å². The van der Waals surface area contributed by atoms with Crippen LogP contribution >= 0.6 is 0 Å². The zero-order valence-electron chi connectivity index (χ0n) is 20.4. The van der Waals surface area contributed by atoms with Crippen molar-refractivity contribution in [2.45, 2.75) is 62.1 Å². The number of benzene rings is 1. The van der Waals surface area contributed by atoms with Gasteiger partial charge in [-0.1, -0.05) is 0 Å². The van der Waals surface area contributed by atoms with E-state index in [-0.39, 0.29) is 17.5 Å². The summed E-state index contributed by atoms with van der Waals surface area (Å²) in [5.41, 5.74) is 1.59. The van der Waals surface area contributed by atoms with Gasteiger partial charge in [0.25, 0.3) is 0 Å². The molecule has 2 aliphatic carbocycles. The number of anilines is 1. The topological polar surface area (TPSA) is 151 Å². The lowest BCUT2D eigenvalue weighted by atomic mass is 10.0. The average Bonchev–Trinajstić information content (AvgIpc) is 3.41. The summed E-state index contributed by atoms with van der Waals surface area (Å²) in [6.07, 6.45) is 8.24. The standard InChI is InChI=1S/C24H26FN9O2S/c1-24(2,25)12-29-37(35,36)21-18-7-16(30-17-10-27-22(28-11-17)23-31-33-34-32-23)6-14(18)5-15-9-26-20(8-19(15)21)13-3-4-13/h5,8-11,13,16,29-30H,3-4,6-7,12H2,1-2H3,(H,31,32,33,34)/t16-/m1/s1. The first kappa shape index (κ1) is 23.8. The normalized spacial score (nSPS) is 17.8. The Morgan fingerprint density at radius 3 is 2.57 bits per heavy atom. The van der Waals surface area contributed by atoms with Crippen molar-refractivity contribution in [3.05, 3.63) is 47.5 Å². The molecule has 37 heavy (non-hydrogen) atoms. The average molecular weight is 524 g/mol. The number of nitrogens with one attached hydrogen (secondary N) is 3. The number of hydrogen-bond acceptors (Lipinski definition) is 9. The highest BCUT2D eigenvalue weighted by Crippen LogP contribution is 2.42. The Hall–Kier alpha value is -3.58. The number of tetrazole rings is 1. The molecule has 3 heterocycles. The molecule has 0 unspecified atom stereocenters. The van der Waals surface area contributed by atoms with Gasteiger partial charge in [-0.15, -0.1) is 5.10 Å². The summed E-state index contributed by atoms with van der Waals surface area (Å²) in [5.74, 6) is 1.10. The van der Waals surface area contributed by atoms with Gasteiger partial charge in [-0.05, 0) is 73.2 Å². The second-order valence-corrected chi connectivity index (χ2v) is 12.0. The first-order valence-electron chi connectivity index (χ1n) is 12.1. The first-order valence-corrected chi connectivity index (χ1v) is 13.6. The molecule has 1 saturated carbocycles. The fraction of sp³-hybridized carbons (Fsp3) is 0.417. The van der Waals surface area contributed by atoms with Crippen LogP contribution < -0.4 is 10.0 Å². The lowest BCUT2D eigenvalue weighted by Crippen LogP contribution is -2.36. The lowest BCUT2D eigenvalue weighted by molar-refractivity contribution is 0.221. The van der Waals surface area contributed by atoms with Crippen LogP contribution in [-0.2, 0) is 22.9 Å². The third-order valence-corrected chi connectivity index (χ3v) is 8.16. The number of aromatic nitrogens is 7. The molecule has 13 heteroatoms. The number of nitrogens with zero attached hydrogens (tertiary/aromatic N) is 6. The van der Waals surface area contributed by atoms with E-state index in [1.54, 1.807) is 18.6 Å². The second kappa shape index (κ2) is 8.77. The Bertz CT molecular complexity index is 1560. The van der Waals surface area contributed by atoms with E-state index < -0.39 is 15.7 Å². The van der Waals surface area contributed by atoms with Gasteiger partial charge in [-0.25, -0.2) is 32.6 Å². The molecule has 192 valence electrons. The molecule has 0 amide bonds. The van der Waals surface area contributed by atoms with Crippen molar-refractivity contribution in [3.63, 3.8) is 0 Å². The number of alkyl halides is 1. The predicted octanol–water partition coefficient (Wildman–Crippen LogP) is 2.69. The maximum Gasteiger partial charge on any atom is 0.241 e. The molecule has 0 radical (unpaired) electrons. The molecule has 4 aromatic rings. The van der Waals surface area contributed by atoms with Gasteiger partial charge in [0.2, 0.25) is 15.8 Å². The minimum absolute atomic E-state index is 0.0735. The zero-order chi connectivity index (χ0) is 25.8. The molecule has 1 fully saturated rings. The highest BCUT2D eigenvalue weighted by molar-refractivity contribution is 7.89. The van der Waals surface area contributed by atoms with Crippen LogP contribution in [0.1, 0.15) is 49.4 Å². The molecule has 11 nitrogen and oxygen atoms in total. The molecular formula is C24H26FN9O2S. The Kier molecular flexibility index (Phi) is 5.64. The SMILES string of the molecule is CC(C)(F)CNS(=O)(=O)c1c2c(cc3cnc(C4CC4)cc13)C[C@@H](Nc1cnc(-c3nnn[nH]3)nc1)C2. The molecule has 1 aromatic carbocycles. The smallest absolute Gasteiger partial charge is 0.241 e. The molecular weight excluding hydrogens is 497 g/mol. The second-order valence-electron chi connectivity index (χ2n) is 10.3. The number of rotatable bonds is 8. The predicted molar refractivity (Wildman–Crippen MR) is 134 cm³/mol. The van der Waals surface area contributed by atoms with Crippen molar-refractivity contribution in [3.8, 4) is 11.6 Å². The quantitative estimate of drug-likeness (QED) is 0.316. The Labute approximate surface area is 212 Å². The molecule has 3 aromatic heterocycles. The zero-order valence-corrected chi connectivity index (χ0v) is 21.2. The van der Waals surface area contributed by atoms with Crippen molar-refractivity contribution >= 4 is 26.5 Å². The fourth-order valence-electron chi connectivity index (χ4n) is 4.73. The van der Waals surface area contributed by atoms with Crippen LogP contribution in [0.2, 0.25) is 0 Å². The molecule has 3 N–H and O–H groups in total. The van der Waals surface area contributed by atoms with E-state index >= 15 is 0 Å². The van der Waals surface area contributed by atoms with E-state index in [0.29, 0.717) is 41.5 Å². The van der Waals surface area contributed by atoms with E-state index in [9.17, 15) is 12.8 Å². The number of sulfonamides is 1. The molecule has 0 bridgehead atoms. The Morgan fingerprint density at radius 2 is 1.89 bits per heavy atom. The van der Waals surface area contributed by atoms with Crippen LogP contribution in [0.5, 0.6) is 0 Å². The summed E-state index contributed by atoms with van der Waals surface area (Å²) >= 11 is 0. The molecule has 0 aliphatic heterocycles. The third kappa shape index (κ3) is 4.88. The van der Waals surface area contributed by atoms with E-state index in [1.807, 2.05) is 12.1 Å². The van der Waals surface area contributed by atoms with Crippen molar-refractivity contribution in [1.29, 1.82) is 0 Å². The maximum atomic E-state index is 14.3. The third-order valence-electron chi connectivity index (χ3n) is 6.64. The van der Waals surface area contributed by atoms with Crippen LogP contribution in [0.3, 0.4) is 0 Å². The Morgan fingerprint density at radius 1 is 1.11 bits per heavy atom. The molecule has 0 spiro atoms. The summed E-state index contributed by atoms with van der Waals surface area (Å²) in [6, 6.07) is 3.84. The van der Waals surface area contributed by atoms with Gasteiger partial charge < -0.3 is 5.32 Å². The number of H-pyrrole nitrogens is 1. The largest absolute Gasteiger partial charge is 0.379 e. The lowest BCUT2D eigenvalue weighted by Gasteiger charge is -2.18. The number of halogens is 1. The van der Waals surface area contributed by atoms with Crippen LogP contribution in [-0.4, -0.2) is 62.2 Å². The van der Waals surface area contributed by atoms with E-state index in [1.165, 1.54) is 13.8 Å². The fourth-order valence-corrected chi connectivity index (χ4v) is 6.41. The van der Waals surface area contributed by atoms with Gasteiger partial charge >= 0.3 is 0 Å². The molecule has 2 aliphatic rings.